The zero-order valence-corrected chi connectivity index (χ0v) is 16.4. The molecule has 0 bridgehead atoms. The number of alkyl halides is 3. The lowest BCUT2D eigenvalue weighted by molar-refractivity contribution is -0.140. The van der Waals surface area contributed by atoms with Gasteiger partial charge in [0.05, 0.1) is 16.0 Å². The smallest absolute Gasteiger partial charge is 0.357 e. The quantitative estimate of drug-likeness (QED) is 0.483. The van der Waals surface area contributed by atoms with Gasteiger partial charge in [-0.15, -0.1) is 11.3 Å². The van der Waals surface area contributed by atoms with Gasteiger partial charge in [-0.3, -0.25) is 0 Å². The topological polar surface area (TPSA) is 67.1 Å². The number of guanidine groups is 1. The second kappa shape index (κ2) is 8.59. The molecule has 1 aromatic carbocycles. The van der Waals surface area contributed by atoms with Crippen LogP contribution in [0.25, 0.3) is 11.0 Å². The van der Waals surface area contributed by atoms with Crippen LogP contribution in [0, 0.1) is 0 Å². The molecule has 0 radical (unpaired) electrons. The first-order valence-electron chi connectivity index (χ1n) is 8.82. The van der Waals surface area contributed by atoms with Crippen LogP contribution in [0.15, 0.2) is 34.6 Å². The molecule has 0 aliphatic heterocycles. The van der Waals surface area contributed by atoms with E-state index < -0.39 is 11.9 Å². The summed E-state index contributed by atoms with van der Waals surface area (Å²) in [7, 11) is 1.95. The van der Waals surface area contributed by atoms with Gasteiger partial charge in [0, 0.05) is 31.9 Å². The average Bonchev–Trinajstić information content (AvgIpc) is 3.25. The van der Waals surface area contributed by atoms with Crippen LogP contribution in [0.5, 0.6) is 0 Å². The number of imidazole rings is 1. The van der Waals surface area contributed by atoms with E-state index in [1.54, 1.807) is 0 Å². The Bertz CT molecular complexity index is 960. The summed E-state index contributed by atoms with van der Waals surface area (Å²) in [4.78, 5) is 12.7. The van der Waals surface area contributed by atoms with Gasteiger partial charge in [-0.25, -0.2) is 15.0 Å². The largest absolute Gasteiger partial charge is 0.434 e. The van der Waals surface area contributed by atoms with Crippen LogP contribution in [0.1, 0.15) is 23.4 Å². The van der Waals surface area contributed by atoms with Gasteiger partial charge in [-0.2, -0.15) is 13.2 Å². The van der Waals surface area contributed by atoms with E-state index in [0.717, 1.165) is 33.6 Å². The van der Waals surface area contributed by atoms with E-state index in [0.29, 0.717) is 37.0 Å². The zero-order chi connectivity index (χ0) is 20.1. The van der Waals surface area contributed by atoms with Crippen molar-refractivity contribution in [3.63, 3.8) is 0 Å². The highest BCUT2D eigenvalue weighted by Crippen LogP contribution is 2.30. The highest BCUT2D eigenvalue weighted by atomic mass is 32.1. The summed E-state index contributed by atoms with van der Waals surface area (Å²) in [5, 5.41) is 7.73. The number of nitrogens with one attached hydrogen (secondary N) is 2. The summed E-state index contributed by atoms with van der Waals surface area (Å²) in [6, 6.07) is 7.86. The average molecular weight is 410 g/mol. The molecule has 2 aromatic heterocycles. The molecule has 28 heavy (non-hydrogen) atoms. The number of halogens is 3. The number of thiazole rings is 1. The molecule has 0 aliphatic rings. The highest BCUT2D eigenvalue weighted by molar-refractivity contribution is 7.09. The maximum absolute atomic E-state index is 12.6. The van der Waals surface area contributed by atoms with Crippen LogP contribution >= 0.6 is 11.3 Å². The molecule has 0 fully saturated rings. The van der Waals surface area contributed by atoms with Crippen LogP contribution in [-0.4, -0.2) is 33.6 Å². The number of benzene rings is 1. The Balaban J connectivity index is 1.61. The molecule has 0 saturated carbocycles. The number of aromatic nitrogens is 3. The lowest BCUT2D eigenvalue weighted by atomic mass is 10.3. The fourth-order valence-corrected chi connectivity index (χ4v) is 3.48. The number of hydrogen-bond acceptors (Lipinski definition) is 4. The second-order valence-corrected chi connectivity index (χ2v) is 7.01. The Labute approximate surface area is 164 Å². The second-order valence-electron chi connectivity index (χ2n) is 6.07. The standard InChI is InChI=1S/C18H21F3N6S/c1-3-22-17(23-9-8-16-26-14(11-28-16)18(19,20)21)24-10-15-25-12-6-4-5-7-13(12)27(15)2/h4-7,11H,3,8-10H2,1-2H3,(H2,22,23,24). The van der Waals surface area contributed by atoms with Crippen molar-refractivity contribution < 1.29 is 13.2 Å². The Morgan fingerprint density at radius 1 is 1.21 bits per heavy atom. The molecule has 150 valence electrons. The first-order chi connectivity index (χ1) is 13.4. The first-order valence-corrected chi connectivity index (χ1v) is 9.70. The molecule has 0 unspecified atom stereocenters. The summed E-state index contributed by atoms with van der Waals surface area (Å²) in [6.45, 7) is 3.43. The van der Waals surface area contributed by atoms with E-state index in [2.05, 4.69) is 25.6 Å². The SMILES string of the molecule is CCNC(=NCc1nc2ccccc2n1C)NCCc1nc(C(F)(F)F)cs1. The summed E-state index contributed by atoms with van der Waals surface area (Å²) >= 11 is 1.01. The van der Waals surface area contributed by atoms with Crippen molar-refractivity contribution in [2.45, 2.75) is 26.1 Å². The Hall–Kier alpha value is -2.62. The number of aryl methyl sites for hydroxylation is 1. The van der Waals surface area contributed by atoms with E-state index in [1.807, 2.05) is 42.8 Å². The molecular formula is C18H21F3N6S. The van der Waals surface area contributed by atoms with E-state index in [9.17, 15) is 13.2 Å². The van der Waals surface area contributed by atoms with Crippen molar-refractivity contribution in [2.24, 2.45) is 12.0 Å². The van der Waals surface area contributed by atoms with Crippen molar-refractivity contribution in [1.82, 2.24) is 25.2 Å². The third-order valence-corrected chi connectivity index (χ3v) is 4.98. The minimum atomic E-state index is -4.40. The van der Waals surface area contributed by atoms with Crippen LogP contribution in [0.4, 0.5) is 13.2 Å². The molecule has 2 N–H and O–H groups in total. The predicted octanol–water partition coefficient (Wildman–Crippen LogP) is 3.35. The van der Waals surface area contributed by atoms with Crippen molar-refractivity contribution >= 4 is 28.3 Å². The lowest BCUT2D eigenvalue weighted by Crippen LogP contribution is -2.38. The highest BCUT2D eigenvalue weighted by Gasteiger charge is 2.33. The Morgan fingerprint density at radius 2 is 2.00 bits per heavy atom. The van der Waals surface area contributed by atoms with Gasteiger partial charge in [0.15, 0.2) is 11.7 Å². The predicted molar refractivity (Wildman–Crippen MR) is 104 cm³/mol. The maximum Gasteiger partial charge on any atom is 0.434 e. The van der Waals surface area contributed by atoms with Gasteiger partial charge in [-0.1, -0.05) is 12.1 Å². The van der Waals surface area contributed by atoms with Gasteiger partial charge in [0.1, 0.15) is 12.4 Å². The molecule has 0 saturated heterocycles. The number of aliphatic imine (C=N–C) groups is 1. The van der Waals surface area contributed by atoms with Gasteiger partial charge >= 0.3 is 6.18 Å². The molecule has 10 heteroatoms. The molecule has 0 atom stereocenters. The summed E-state index contributed by atoms with van der Waals surface area (Å²) in [5.74, 6) is 1.41. The van der Waals surface area contributed by atoms with E-state index >= 15 is 0 Å². The van der Waals surface area contributed by atoms with Gasteiger partial charge in [-0.05, 0) is 19.1 Å². The Kier molecular flexibility index (Phi) is 6.18. The number of hydrogen-bond donors (Lipinski definition) is 2. The van der Waals surface area contributed by atoms with Crippen LogP contribution < -0.4 is 10.6 Å². The molecule has 0 spiro atoms. The van der Waals surface area contributed by atoms with Crippen LogP contribution in [-0.2, 0) is 26.2 Å². The summed E-state index contributed by atoms with van der Waals surface area (Å²) in [6.07, 6.45) is -4.01. The summed E-state index contributed by atoms with van der Waals surface area (Å²) in [5.41, 5.74) is 1.11. The first kappa shape index (κ1) is 20.1. The molecule has 2 heterocycles. The monoisotopic (exact) mass is 410 g/mol. The fourth-order valence-electron chi connectivity index (χ4n) is 2.67. The van der Waals surface area contributed by atoms with Gasteiger partial charge in [0.25, 0.3) is 0 Å². The fraction of sp³-hybridized carbons (Fsp3) is 0.389. The normalized spacial score (nSPS) is 12.5. The minimum Gasteiger partial charge on any atom is -0.357 e. The van der Waals surface area contributed by atoms with E-state index in [4.69, 9.17) is 0 Å². The van der Waals surface area contributed by atoms with Crippen LogP contribution in [0.3, 0.4) is 0 Å². The lowest BCUT2D eigenvalue weighted by Gasteiger charge is -2.10. The number of rotatable bonds is 6. The third-order valence-electron chi connectivity index (χ3n) is 4.08. The van der Waals surface area contributed by atoms with Crippen molar-refractivity contribution in [3.05, 3.63) is 46.2 Å². The minimum absolute atomic E-state index is 0.385. The molecule has 0 amide bonds. The number of para-hydroxylation sites is 2. The molecular weight excluding hydrogens is 389 g/mol. The van der Waals surface area contributed by atoms with Crippen molar-refractivity contribution in [2.75, 3.05) is 13.1 Å². The summed E-state index contributed by atoms with van der Waals surface area (Å²) < 4.78 is 39.8. The Morgan fingerprint density at radius 3 is 2.68 bits per heavy atom. The van der Waals surface area contributed by atoms with Gasteiger partial charge < -0.3 is 15.2 Å². The zero-order valence-electron chi connectivity index (χ0n) is 15.5. The molecule has 3 aromatic rings. The molecule has 0 aliphatic carbocycles. The van der Waals surface area contributed by atoms with Crippen LogP contribution in [0.2, 0.25) is 0 Å². The van der Waals surface area contributed by atoms with Gasteiger partial charge in [0.2, 0.25) is 0 Å². The van der Waals surface area contributed by atoms with Crippen molar-refractivity contribution in [3.8, 4) is 0 Å². The number of fused-ring (bicyclic) bond motifs is 1. The molecule has 6 nitrogen and oxygen atoms in total. The maximum atomic E-state index is 12.6. The molecule has 3 rings (SSSR count). The van der Waals surface area contributed by atoms with Crippen molar-refractivity contribution in [1.29, 1.82) is 0 Å². The number of nitrogens with zero attached hydrogens (tertiary/aromatic N) is 4. The van der Waals surface area contributed by atoms with E-state index in [1.165, 1.54) is 0 Å². The third kappa shape index (κ3) is 4.80. The van der Waals surface area contributed by atoms with E-state index in [-0.39, 0.29) is 0 Å².